The fourth-order valence-corrected chi connectivity index (χ4v) is 2.03. The molecule has 8 heteroatoms. The Morgan fingerprint density at radius 1 is 1.05 bits per heavy atom. The van der Waals surface area contributed by atoms with Crippen LogP contribution < -0.4 is 4.74 Å². The molecule has 0 heterocycles. The number of alkyl halides is 3. The standard InChI is InChI=1S/C13H7BrF3NO3/c14-12-6-5-10(7-11(12)13(15,16)17)21-9-3-1-8(2-4-9)18(19)20/h1-7H. The van der Waals surface area contributed by atoms with Gasteiger partial charge in [-0.15, -0.1) is 0 Å². The summed E-state index contributed by atoms with van der Waals surface area (Å²) in [4.78, 5) is 9.92. The molecular formula is C13H7BrF3NO3. The lowest BCUT2D eigenvalue weighted by Gasteiger charge is -2.11. The highest BCUT2D eigenvalue weighted by molar-refractivity contribution is 9.10. The van der Waals surface area contributed by atoms with Crippen LogP contribution in [-0.2, 0) is 6.18 Å². The van der Waals surface area contributed by atoms with Crippen LogP contribution in [-0.4, -0.2) is 4.92 Å². The normalized spacial score (nSPS) is 11.2. The molecule has 4 nitrogen and oxygen atoms in total. The molecule has 0 unspecified atom stereocenters. The van der Waals surface area contributed by atoms with Crippen molar-refractivity contribution in [2.45, 2.75) is 6.18 Å². The monoisotopic (exact) mass is 361 g/mol. The van der Waals surface area contributed by atoms with Crippen LogP contribution in [0.3, 0.4) is 0 Å². The largest absolute Gasteiger partial charge is 0.457 e. The third-order valence-electron chi connectivity index (χ3n) is 2.53. The minimum absolute atomic E-state index is 0.0145. The second-order valence-corrected chi connectivity index (χ2v) is 4.85. The Labute approximate surface area is 125 Å². The van der Waals surface area contributed by atoms with E-state index in [1.807, 2.05) is 0 Å². The highest BCUT2D eigenvalue weighted by Crippen LogP contribution is 2.37. The molecule has 0 atom stereocenters. The van der Waals surface area contributed by atoms with E-state index in [0.717, 1.165) is 6.07 Å². The van der Waals surface area contributed by atoms with E-state index in [2.05, 4.69) is 15.9 Å². The van der Waals surface area contributed by atoms with Crippen molar-refractivity contribution in [1.82, 2.24) is 0 Å². The van der Waals surface area contributed by atoms with E-state index in [-0.39, 0.29) is 21.7 Å². The maximum Gasteiger partial charge on any atom is 0.417 e. The third-order valence-corrected chi connectivity index (χ3v) is 3.22. The average Bonchev–Trinajstić information content (AvgIpc) is 2.40. The van der Waals surface area contributed by atoms with Crippen molar-refractivity contribution in [3.63, 3.8) is 0 Å². The van der Waals surface area contributed by atoms with Gasteiger partial charge in [0.1, 0.15) is 11.5 Å². The molecule has 0 fully saturated rings. The first-order valence-electron chi connectivity index (χ1n) is 5.56. The summed E-state index contributed by atoms with van der Waals surface area (Å²) in [5.41, 5.74) is -0.990. The number of hydrogen-bond acceptors (Lipinski definition) is 3. The van der Waals surface area contributed by atoms with Crippen molar-refractivity contribution in [3.05, 3.63) is 62.6 Å². The van der Waals surface area contributed by atoms with E-state index in [9.17, 15) is 23.3 Å². The third kappa shape index (κ3) is 3.72. The number of nitro benzene ring substituents is 1. The zero-order valence-corrected chi connectivity index (χ0v) is 11.8. The van der Waals surface area contributed by atoms with E-state index < -0.39 is 16.7 Å². The van der Waals surface area contributed by atoms with Crippen molar-refractivity contribution in [3.8, 4) is 11.5 Å². The van der Waals surface area contributed by atoms with Crippen molar-refractivity contribution in [2.24, 2.45) is 0 Å². The minimum Gasteiger partial charge on any atom is -0.457 e. The topological polar surface area (TPSA) is 52.4 Å². The van der Waals surface area contributed by atoms with Gasteiger partial charge in [0.2, 0.25) is 0 Å². The van der Waals surface area contributed by atoms with Crippen LogP contribution in [0.15, 0.2) is 46.9 Å². The first-order chi connectivity index (χ1) is 9.77. The van der Waals surface area contributed by atoms with Crippen LogP contribution in [0, 0.1) is 10.1 Å². The Bertz CT molecular complexity index is 671. The molecule has 0 aliphatic heterocycles. The number of hydrogen-bond donors (Lipinski definition) is 0. The zero-order chi connectivity index (χ0) is 15.6. The molecule has 2 aromatic carbocycles. The van der Waals surface area contributed by atoms with Gasteiger partial charge in [-0.3, -0.25) is 10.1 Å². The van der Waals surface area contributed by atoms with Crippen LogP contribution in [0.4, 0.5) is 18.9 Å². The fourth-order valence-electron chi connectivity index (χ4n) is 1.56. The van der Waals surface area contributed by atoms with Gasteiger partial charge in [-0.25, -0.2) is 0 Å². The van der Waals surface area contributed by atoms with Crippen molar-refractivity contribution in [1.29, 1.82) is 0 Å². The van der Waals surface area contributed by atoms with Gasteiger partial charge in [0.25, 0.3) is 5.69 Å². The SMILES string of the molecule is O=[N+]([O-])c1ccc(Oc2ccc(Br)c(C(F)(F)F)c2)cc1. The number of benzene rings is 2. The molecule has 0 amide bonds. The number of rotatable bonds is 3. The number of ether oxygens (including phenoxy) is 1. The molecule has 0 saturated carbocycles. The van der Waals surface area contributed by atoms with E-state index in [1.165, 1.54) is 36.4 Å². The van der Waals surface area contributed by atoms with Crippen molar-refractivity contribution >= 4 is 21.6 Å². The van der Waals surface area contributed by atoms with Gasteiger partial charge in [0.15, 0.2) is 0 Å². The Morgan fingerprint density at radius 2 is 1.62 bits per heavy atom. The Morgan fingerprint density at radius 3 is 2.14 bits per heavy atom. The van der Waals surface area contributed by atoms with E-state index in [0.29, 0.717) is 0 Å². The molecule has 2 aromatic rings. The summed E-state index contributed by atoms with van der Waals surface area (Å²) in [6.07, 6.45) is -4.51. The van der Waals surface area contributed by atoms with Gasteiger partial charge >= 0.3 is 6.18 Å². The van der Waals surface area contributed by atoms with Crippen molar-refractivity contribution < 1.29 is 22.8 Å². The molecule has 0 saturated heterocycles. The molecule has 0 spiro atoms. The van der Waals surface area contributed by atoms with Crippen molar-refractivity contribution in [2.75, 3.05) is 0 Å². The lowest BCUT2D eigenvalue weighted by Crippen LogP contribution is -2.06. The molecule has 0 N–H and O–H groups in total. The summed E-state index contributed by atoms with van der Waals surface area (Å²) in [5, 5.41) is 10.5. The highest BCUT2D eigenvalue weighted by atomic mass is 79.9. The highest BCUT2D eigenvalue weighted by Gasteiger charge is 2.33. The quantitative estimate of drug-likeness (QED) is 0.559. The average molecular weight is 362 g/mol. The lowest BCUT2D eigenvalue weighted by atomic mass is 10.2. The molecule has 21 heavy (non-hydrogen) atoms. The van der Waals surface area contributed by atoms with E-state index >= 15 is 0 Å². The molecular weight excluding hydrogens is 355 g/mol. The predicted octanol–water partition coefficient (Wildman–Crippen LogP) is 5.17. The van der Waals surface area contributed by atoms with Gasteiger partial charge in [-0.1, -0.05) is 15.9 Å². The number of non-ortho nitro benzene ring substituents is 1. The van der Waals surface area contributed by atoms with Crippen LogP contribution in [0.2, 0.25) is 0 Å². The van der Waals surface area contributed by atoms with E-state index in [4.69, 9.17) is 4.74 Å². The summed E-state index contributed by atoms with van der Waals surface area (Å²) >= 11 is 2.83. The maximum atomic E-state index is 12.7. The molecule has 0 radical (unpaired) electrons. The minimum atomic E-state index is -4.51. The van der Waals surface area contributed by atoms with Crippen LogP contribution >= 0.6 is 15.9 Å². The lowest BCUT2D eigenvalue weighted by molar-refractivity contribution is -0.384. The number of nitro groups is 1. The second-order valence-electron chi connectivity index (χ2n) is 3.99. The smallest absolute Gasteiger partial charge is 0.417 e. The van der Waals surface area contributed by atoms with Crippen LogP contribution in [0.5, 0.6) is 11.5 Å². The van der Waals surface area contributed by atoms with Crippen LogP contribution in [0.25, 0.3) is 0 Å². The van der Waals surface area contributed by atoms with Gasteiger partial charge in [0, 0.05) is 16.6 Å². The summed E-state index contributed by atoms with van der Waals surface area (Å²) in [6, 6.07) is 8.48. The molecule has 0 aromatic heterocycles. The van der Waals surface area contributed by atoms with Gasteiger partial charge in [-0.2, -0.15) is 13.2 Å². The summed E-state index contributed by atoms with van der Waals surface area (Å²) in [6.45, 7) is 0. The summed E-state index contributed by atoms with van der Waals surface area (Å²) in [5.74, 6) is 0.190. The number of nitrogens with zero attached hydrogens (tertiary/aromatic N) is 1. The van der Waals surface area contributed by atoms with Crippen LogP contribution in [0.1, 0.15) is 5.56 Å². The summed E-state index contributed by atoms with van der Waals surface area (Å²) in [7, 11) is 0. The second kappa shape index (κ2) is 5.72. The molecule has 0 bridgehead atoms. The first-order valence-corrected chi connectivity index (χ1v) is 6.36. The zero-order valence-electron chi connectivity index (χ0n) is 10.2. The fraction of sp³-hybridized carbons (Fsp3) is 0.0769. The molecule has 2 rings (SSSR count). The predicted molar refractivity (Wildman–Crippen MR) is 72.3 cm³/mol. The molecule has 110 valence electrons. The van der Waals surface area contributed by atoms with E-state index in [1.54, 1.807) is 0 Å². The van der Waals surface area contributed by atoms with Gasteiger partial charge < -0.3 is 4.74 Å². The Kier molecular flexibility index (Phi) is 4.17. The van der Waals surface area contributed by atoms with Gasteiger partial charge in [0.05, 0.1) is 10.5 Å². The Balaban J connectivity index is 2.26. The maximum absolute atomic E-state index is 12.7. The summed E-state index contributed by atoms with van der Waals surface area (Å²) < 4.78 is 43.4. The molecule has 0 aliphatic rings. The number of halogens is 4. The molecule has 0 aliphatic carbocycles. The Hall–Kier alpha value is -2.09. The first kappa shape index (κ1) is 15.3. The van der Waals surface area contributed by atoms with Gasteiger partial charge in [-0.05, 0) is 30.3 Å².